The minimum Gasteiger partial charge on any atom is -0.445 e. The van der Waals surface area contributed by atoms with E-state index in [2.05, 4.69) is 0 Å². The average Bonchev–Trinajstić information content (AvgIpc) is 2.64. The number of carbonyl (C=O) groups is 2. The van der Waals surface area contributed by atoms with Gasteiger partial charge in [-0.2, -0.15) is 0 Å². The minimum absolute atomic E-state index is 0.0827. The molecule has 0 unspecified atom stereocenters. The molecule has 1 aromatic carbocycles. The van der Waals surface area contributed by atoms with E-state index in [1.54, 1.807) is 9.80 Å². The molecule has 3 rings (SSSR count). The standard InChI is InChI=1S/C20H28N2O5/c1-20(2,3)27-18(23)21-10-9-16-17(13-21)25-12-11-22(16)19(24)26-14-15-7-5-4-6-8-15/h4-8,16-17H,9-14H2,1-3H3/t16-,17-/m0/s1. The second kappa shape index (κ2) is 8.17. The second-order valence-electron chi connectivity index (χ2n) is 7.93. The van der Waals surface area contributed by atoms with Crippen molar-refractivity contribution < 1.29 is 23.8 Å². The predicted octanol–water partition coefficient (Wildman–Crippen LogP) is 3.03. The maximum absolute atomic E-state index is 12.6. The van der Waals surface area contributed by atoms with Gasteiger partial charge in [0.25, 0.3) is 0 Å². The molecule has 27 heavy (non-hydrogen) atoms. The first-order valence-corrected chi connectivity index (χ1v) is 9.40. The summed E-state index contributed by atoms with van der Waals surface area (Å²) in [4.78, 5) is 28.3. The van der Waals surface area contributed by atoms with E-state index in [-0.39, 0.29) is 30.9 Å². The van der Waals surface area contributed by atoms with E-state index < -0.39 is 5.60 Å². The Morgan fingerprint density at radius 2 is 1.89 bits per heavy atom. The summed E-state index contributed by atoms with van der Waals surface area (Å²) < 4.78 is 16.8. The Kier molecular flexibility index (Phi) is 5.89. The molecule has 7 heteroatoms. The van der Waals surface area contributed by atoms with Gasteiger partial charge in [0, 0.05) is 13.1 Å². The number of fused-ring (bicyclic) bond motifs is 1. The van der Waals surface area contributed by atoms with Crippen molar-refractivity contribution in [3.05, 3.63) is 35.9 Å². The first kappa shape index (κ1) is 19.5. The first-order valence-electron chi connectivity index (χ1n) is 9.40. The van der Waals surface area contributed by atoms with E-state index >= 15 is 0 Å². The Morgan fingerprint density at radius 1 is 1.15 bits per heavy atom. The summed E-state index contributed by atoms with van der Waals surface area (Å²) in [6, 6.07) is 9.53. The van der Waals surface area contributed by atoms with Crippen LogP contribution in [0.2, 0.25) is 0 Å². The second-order valence-corrected chi connectivity index (χ2v) is 7.93. The Balaban J connectivity index is 1.56. The number of benzene rings is 1. The van der Waals surface area contributed by atoms with Gasteiger partial charge >= 0.3 is 12.2 Å². The van der Waals surface area contributed by atoms with Crippen LogP contribution in [-0.2, 0) is 20.8 Å². The Labute approximate surface area is 160 Å². The van der Waals surface area contributed by atoms with Crippen molar-refractivity contribution in [2.75, 3.05) is 26.2 Å². The molecule has 2 heterocycles. The van der Waals surface area contributed by atoms with Crippen molar-refractivity contribution in [3.63, 3.8) is 0 Å². The predicted molar refractivity (Wildman–Crippen MR) is 99.3 cm³/mol. The minimum atomic E-state index is -0.533. The van der Waals surface area contributed by atoms with Crippen molar-refractivity contribution in [2.45, 2.75) is 51.5 Å². The number of carbonyl (C=O) groups excluding carboxylic acids is 2. The average molecular weight is 376 g/mol. The third kappa shape index (κ3) is 5.13. The Hall–Kier alpha value is -2.28. The van der Waals surface area contributed by atoms with Crippen LogP contribution in [0.1, 0.15) is 32.8 Å². The molecule has 2 atom stereocenters. The molecule has 0 radical (unpaired) electrons. The van der Waals surface area contributed by atoms with Crippen molar-refractivity contribution >= 4 is 12.2 Å². The van der Waals surface area contributed by atoms with Gasteiger partial charge in [-0.15, -0.1) is 0 Å². The molecule has 0 aliphatic carbocycles. The summed E-state index contributed by atoms with van der Waals surface area (Å²) in [5.41, 5.74) is 0.421. The van der Waals surface area contributed by atoms with Crippen LogP contribution in [0.3, 0.4) is 0 Å². The maximum Gasteiger partial charge on any atom is 0.410 e. The largest absolute Gasteiger partial charge is 0.445 e. The summed E-state index contributed by atoms with van der Waals surface area (Å²) >= 11 is 0. The van der Waals surface area contributed by atoms with E-state index in [9.17, 15) is 9.59 Å². The van der Waals surface area contributed by atoms with Crippen LogP contribution < -0.4 is 0 Å². The smallest absolute Gasteiger partial charge is 0.410 e. The van der Waals surface area contributed by atoms with Crippen molar-refractivity contribution in [1.82, 2.24) is 9.80 Å². The van der Waals surface area contributed by atoms with Crippen LogP contribution in [0.15, 0.2) is 30.3 Å². The SMILES string of the molecule is CC(C)(C)OC(=O)N1CC[C@H]2[C@H](C1)OCCN2C(=O)OCc1ccccc1. The fraction of sp³-hybridized carbons (Fsp3) is 0.600. The van der Waals surface area contributed by atoms with E-state index in [1.807, 2.05) is 51.1 Å². The number of likely N-dealkylation sites (tertiary alicyclic amines) is 1. The summed E-state index contributed by atoms with van der Waals surface area (Å²) in [6.07, 6.45) is -0.245. The van der Waals surface area contributed by atoms with E-state index in [4.69, 9.17) is 14.2 Å². The number of nitrogens with zero attached hydrogens (tertiary/aromatic N) is 2. The van der Waals surface area contributed by atoms with Crippen LogP contribution in [-0.4, -0.2) is 66.0 Å². The van der Waals surface area contributed by atoms with Crippen molar-refractivity contribution in [3.8, 4) is 0 Å². The molecule has 2 aliphatic heterocycles. The Morgan fingerprint density at radius 3 is 2.59 bits per heavy atom. The van der Waals surface area contributed by atoms with Gasteiger partial charge in [-0.05, 0) is 32.8 Å². The molecule has 2 saturated heterocycles. The van der Waals surface area contributed by atoms with E-state index in [1.165, 1.54) is 0 Å². The zero-order valence-corrected chi connectivity index (χ0v) is 16.2. The molecule has 0 saturated carbocycles. The van der Waals surface area contributed by atoms with Gasteiger partial charge < -0.3 is 24.0 Å². The van der Waals surface area contributed by atoms with Crippen LogP contribution >= 0.6 is 0 Å². The van der Waals surface area contributed by atoms with Gasteiger partial charge in [-0.25, -0.2) is 9.59 Å². The number of rotatable bonds is 2. The summed E-state index contributed by atoms with van der Waals surface area (Å²) in [5.74, 6) is 0. The lowest BCUT2D eigenvalue weighted by Gasteiger charge is -2.46. The molecule has 2 aliphatic rings. The highest BCUT2D eigenvalue weighted by Gasteiger charge is 2.41. The summed E-state index contributed by atoms with van der Waals surface area (Å²) in [6.45, 7) is 7.67. The molecule has 1 aromatic rings. The monoisotopic (exact) mass is 376 g/mol. The molecule has 148 valence electrons. The number of morpholine rings is 1. The molecule has 0 N–H and O–H groups in total. The molecule has 0 bridgehead atoms. The normalized spacial score (nSPS) is 22.8. The molecule has 2 amide bonds. The number of hydrogen-bond acceptors (Lipinski definition) is 5. The van der Waals surface area contributed by atoms with Crippen LogP contribution in [0.25, 0.3) is 0 Å². The third-order valence-corrected chi connectivity index (χ3v) is 4.68. The van der Waals surface area contributed by atoms with Crippen molar-refractivity contribution in [1.29, 1.82) is 0 Å². The van der Waals surface area contributed by atoms with Crippen LogP contribution in [0, 0.1) is 0 Å². The fourth-order valence-electron chi connectivity index (χ4n) is 3.41. The van der Waals surface area contributed by atoms with Crippen molar-refractivity contribution in [2.24, 2.45) is 0 Å². The Bertz CT molecular complexity index is 658. The highest BCUT2D eigenvalue weighted by Crippen LogP contribution is 2.25. The summed E-state index contributed by atoms with van der Waals surface area (Å²) in [7, 11) is 0. The number of piperidine rings is 1. The van der Waals surface area contributed by atoms with Gasteiger partial charge in [-0.1, -0.05) is 30.3 Å². The number of hydrogen-bond donors (Lipinski definition) is 0. The zero-order chi connectivity index (χ0) is 19.4. The maximum atomic E-state index is 12.6. The van der Waals surface area contributed by atoms with Gasteiger partial charge in [-0.3, -0.25) is 0 Å². The van der Waals surface area contributed by atoms with Crippen LogP contribution in [0.5, 0.6) is 0 Å². The van der Waals surface area contributed by atoms with Gasteiger partial charge in [0.05, 0.1) is 25.3 Å². The molecular formula is C20H28N2O5. The van der Waals surface area contributed by atoms with Gasteiger partial charge in [0.1, 0.15) is 12.2 Å². The number of amides is 2. The molecule has 0 spiro atoms. The lowest BCUT2D eigenvalue weighted by Crippen LogP contribution is -2.61. The fourth-order valence-corrected chi connectivity index (χ4v) is 3.41. The lowest BCUT2D eigenvalue weighted by molar-refractivity contribution is -0.0979. The highest BCUT2D eigenvalue weighted by molar-refractivity contribution is 5.70. The topological polar surface area (TPSA) is 68.3 Å². The number of ether oxygens (including phenoxy) is 3. The zero-order valence-electron chi connectivity index (χ0n) is 16.2. The van der Waals surface area contributed by atoms with Crippen LogP contribution in [0.4, 0.5) is 9.59 Å². The molecular weight excluding hydrogens is 348 g/mol. The van der Waals surface area contributed by atoms with E-state index in [0.29, 0.717) is 32.7 Å². The van der Waals surface area contributed by atoms with E-state index in [0.717, 1.165) is 5.56 Å². The molecule has 7 nitrogen and oxygen atoms in total. The quantitative estimate of drug-likeness (QED) is 0.794. The lowest BCUT2D eigenvalue weighted by atomic mass is 9.99. The summed E-state index contributed by atoms with van der Waals surface area (Å²) in [5, 5.41) is 0. The molecule has 0 aromatic heterocycles. The highest BCUT2D eigenvalue weighted by atomic mass is 16.6. The van der Waals surface area contributed by atoms with Gasteiger partial charge in [0.15, 0.2) is 0 Å². The van der Waals surface area contributed by atoms with Gasteiger partial charge in [0.2, 0.25) is 0 Å². The first-order chi connectivity index (χ1) is 12.8. The third-order valence-electron chi connectivity index (χ3n) is 4.68. The molecule has 2 fully saturated rings.